The Kier molecular flexibility index (Phi) is 7.73. The van der Waals surface area contributed by atoms with Crippen LogP contribution in [-0.2, 0) is 9.47 Å². The van der Waals surface area contributed by atoms with Crippen molar-refractivity contribution >= 4 is 5.82 Å². The second kappa shape index (κ2) is 11.2. The standard InChI is InChI=1S/C28H38N6O3/c1-28(2,3)30-22-12-13-33(18-22)26-11-10-24(31-32-26)23-9-8-20(15-25(23)37-19-35-4)21-16-29-34(17-21)27-7-5-6-14-36-27/h8-11,15-17,22,27,30H,5-7,12-14,18-19H2,1-4H3/t22-,27?/m1/s1. The normalized spacial score (nSPS) is 20.4. The van der Waals surface area contributed by atoms with E-state index in [1.165, 1.54) is 0 Å². The molecular weight excluding hydrogens is 468 g/mol. The predicted molar refractivity (Wildman–Crippen MR) is 144 cm³/mol. The van der Waals surface area contributed by atoms with Gasteiger partial charge in [-0.15, -0.1) is 10.2 Å². The average Bonchev–Trinajstić information content (AvgIpc) is 3.57. The molecule has 9 heteroatoms. The Morgan fingerprint density at radius 1 is 1.08 bits per heavy atom. The Morgan fingerprint density at radius 3 is 2.70 bits per heavy atom. The lowest BCUT2D eigenvalue weighted by atomic mass is 10.0. The molecule has 2 fully saturated rings. The van der Waals surface area contributed by atoms with Crippen molar-refractivity contribution in [1.29, 1.82) is 0 Å². The SMILES string of the molecule is COCOc1cc(-c2cnn(C3CCCCO3)c2)ccc1-c1ccc(N2CC[C@@H](NC(C)(C)C)C2)nn1. The van der Waals surface area contributed by atoms with Gasteiger partial charge in [0.1, 0.15) is 12.0 Å². The van der Waals surface area contributed by atoms with E-state index in [1.807, 2.05) is 41.3 Å². The van der Waals surface area contributed by atoms with E-state index in [0.29, 0.717) is 11.8 Å². The molecule has 1 aromatic carbocycles. The predicted octanol–water partition coefficient (Wildman–Crippen LogP) is 4.66. The molecule has 2 atom stereocenters. The van der Waals surface area contributed by atoms with E-state index in [2.05, 4.69) is 52.4 Å². The number of nitrogens with one attached hydrogen (secondary N) is 1. The maximum atomic E-state index is 5.96. The van der Waals surface area contributed by atoms with Gasteiger partial charge in [0.25, 0.3) is 0 Å². The second-order valence-electron chi connectivity index (χ2n) is 10.9. The van der Waals surface area contributed by atoms with Crippen molar-refractivity contribution in [2.45, 2.75) is 64.3 Å². The monoisotopic (exact) mass is 506 g/mol. The molecule has 2 aromatic heterocycles. The van der Waals surface area contributed by atoms with E-state index in [-0.39, 0.29) is 18.6 Å². The molecular formula is C28H38N6O3. The van der Waals surface area contributed by atoms with Crippen molar-refractivity contribution in [3.8, 4) is 28.1 Å². The lowest BCUT2D eigenvalue weighted by molar-refractivity contribution is -0.0394. The topological polar surface area (TPSA) is 86.6 Å². The van der Waals surface area contributed by atoms with Crippen LogP contribution in [0.5, 0.6) is 5.75 Å². The zero-order chi connectivity index (χ0) is 25.8. The molecule has 1 unspecified atom stereocenters. The first kappa shape index (κ1) is 25.6. The number of hydrogen-bond donors (Lipinski definition) is 1. The third-order valence-corrected chi connectivity index (χ3v) is 6.78. The molecule has 3 aromatic rings. The molecule has 0 spiro atoms. The number of methoxy groups -OCH3 is 1. The van der Waals surface area contributed by atoms with Crippen molar-refractivity contribution < 1.29 is 14.2 Å². The quantitative estimate of drug-likeness (QED) is 0.442. The molecule has 5 rings (SSSR count). The fourth-order valence-corrected chi connectivity index (χ4v) is 5.07. The van der Waals surface area contributed by atoms with Gasteiger partial charge in [-0.1, -0.05) is 6.07 Å². The Hall–Kier alpha value is -3.01. The molecule has 0 aliphatic carbocycles. The number of aromatic nitrogens is 4. The summed E-state index contributed by atoms with van der Waals surface area (Å²) in [5.41, 5.74) is 3.75. The number of ether oxygens (including phenoxy) is 3. The van der Waals surface area contributed by atoms with E-state index in [4.69, 9.17) is 14.2 Å². The Balaban J connectivity index is 1.33. The minimum absolute atomic E-state index is 0.00917. The zero-order valence-corrected chi connectivity index (χ0v) is 22.3. The van der Waals surface area contributed by atoms with Gasteiger partial charge in [-0.25, -0.2) is 4.68 Å². The molecule has 2 aliphatic rings. The van der Waals surface area contributed by atoms with Crippen LogP contribution in [0.1, 0.15) is 52.7 Å². The highest BCUT2D eigenvalue weighted by Crippen LogP contribution is 2.34. The summed E-state index contributed by atoms with van der Waals surface area (Å²) < 4.78 is 18.9. The Labute approximate surface area is 219 Å². The lowest BCUT2D eigenvalue weighted by Crippen LogP contribution is -2.45. The van der Waals surface area contributed by atoms with Crippen LogP contribution in [0, 0.1) is 0 Å². The van der Waals surface area contributed by atoms with Crippen LogP contribution in [0.2, 0.25) is 0 Å². The van der Waals surface area contributed by atoms with Gasteiger partial charge < -0.3 is 24.4 Å². The first-order valence-corrected chi connectivity index (χ1v) is 13.2. The largest absolute Gasteiger partial charge is 0.467 e. The summed E-state index contributed by atoms with van der Waals surface area (Å²) in [4.78, 5) is 2.29. The van der Waals surface area contributed by atoms with Gasteiger partial charge in [-0.05, 0) is 76.3 Å². The van der Waals surface area contributed by atoms with Gasteiger partial charge in [-0.3, -0.25) is 0 Å². The maximum absolute atomic E-state index is 5.96. The maximum Gasteiger partial charge on any atom is 0.188 e. The highest BCUT2D eigenvalue weighted by atomic mass is 16.7. The summed E-state index contributed by atoms with van der Waals surface area (Å²) >= 11 is 0. The summed E-state index contributed by atoms with van der Waals surface area (Å²) in [6.07, 6.45) is 8.29. The molecule has 9 nitrogen and oxygen atoms in total. The van der Waals surface area contributed by atoms with Gasteiger partial charge >= 0.3 is 0 Å². The highest BCUT2D eigenvalue weighted by Gasteiger charge is 2.27. The fourth-order valence-electron chi connectivity index (χ4n) is 5.07. The number of anilines is 1. The van der Waals surface area contributed by atoms with Crippen molar-refractivity contribution in [1.82, 2.24) is 25.3 Å². The van der Waals surface area contributed by atoms with Gasteiger partial charge in [0.15, 0.2) is 12.6 Å². The van der Waals surface area contributed by atoms with E-state index >= 15 is 0 Å². The first-order valence-electron chi connectivity index (χ1n) is 13.2. The van der Waals surface area contributed by atoms with Crippen LogP contribution >= 0.6 is 0 Å². The van der Waals surface area contributed by atoms with E-state index in [1.54, 1.807) is 7.11 Å². The Morgan fingerprint density at radius 2 is 1.97 bits per heavy atom. The number of nitrogens with zero attached hydrogens (tertiary/aromatic N) is 5. The molecule has 0 amide bonds. The molecule has 1 N–H and O–H groups in total. The Bertz CT molecular complexity index is 1170. The molecule has 198 valence electrons. The number of benzene rings is 1. The van der Waals surface area contributed by atoms with Gasteiger partial charge in [-0.2, -0.15) is 5.10 Å². The van der Waals surface area contributed by atoms with Crippen molar-refractivity contribution in [2.24, 2.45) is 0 Å². The van der Waals surface area contributed by atoms with Crippen LogP contribution in [0.4, 0.5) is 5.82 Å². The molecule has 37 heavy (non-hydrogen) atoms. The lowest BCUT2D eigenvalue weighted by Gasteiger charge is -2.26. The summed E-state index contributed by atoms with van der Waals surface area (Å²) in [6.45, 7) is 9.45. The van der Waals surface area contributed by atoms with Crippen LogP contribution in [0.3, 0.4) is 0 Å². The minimum Gasteiger partial charge on any atom is -0.467 e. The molecule has 2 aliphatic heterocycles. The van der Waals surface area contributed by atoms with E-state index < -0.39 is 0 Å². The molecule has 0 saturated carbocycles. The summed E-state index contributed by atoms with van der Waals surface area (Å²) in [5, 5.41) is 17.4. The zero-order valence-electron chi connectivity index (χ0n) is 22.3. The second-order valence-corrected chi connectivity index (χ2v) is 10.9. The molecule has 4 heterocycles. The fraction of sp³-hybridized carbons (Fsp3) is 0.536. The van der Waals surface area contributed by atoms with E-state index in [0.717, 1.165) is 73.6 Å². The van der Waals surface area contributed by atoms with Crippen LogP contribution in [-0.4, -0.2) is 65.2 Å². The highest BCUT2D eigenvalue weighted by molar-refractivity contribution is 5.74. The van der Waals surface area contributed by atoms with Crippen LogP contribution in [0.15, 0.2) is 42.7 Å². The van der Waals surface area contributed by atoms with Gasteiger partial charge in [0, 0.05) is 55.7 Å². The molecule has 2 saturated heterocycles. The molecule has 0 radical (unpaired) electrons. The smallest absolute Gasteiger partial charge is 0.188 e. The van der Waals surface area contributed by atoms with E-state index in [9.17, 15) is 0 Å². The van der Waals surface area contributed by atoms with Crippen LogP contribution < -0.4 is 15.0 Å². The van der Waals surface area contributed by atoms with Gasteiger partial charge in [0.2, 0.25) is 0 Å². The average molecular weight is 507 g/mol. The number of rotatable bonds is 8. The number of hydrogen-bond acceptors (Lipinski definition) is 8. The minimum atomic E-state index is 0.00917. The van der Waals surface area contributed by atoms with Crippen molar-refractivity contribution in [2.75, 3.05) is 38.5 Å². The third-order valence-electron chi connectivity index (χ3n) is 6.78. The van der Waals surface area contributed by atoms with Crippen LogP contribution in [0.25, 0.3) is 22.4 Å². The molecule has 0 bridgehead atoms. The third kappa shape index (κ3) is 6.29. The summed E-state index contributed by atoms with van der Waals surface area (Å²) in [7, 11) is 1.62. The van der Waals surface area contributed by atoms with Crippen molar-refractivity contribution in [3.63, 3.8) is 0 Å². The first-order chi connectivity index (χ1) is 17.9. The van der Waals surface area contributed by atoms with Crippen molar-refractivity contribution in [3.05, 3.63) is 42.7 Å². The van der Waals surface area contributed by atoms with Gasteiger partial charge in [0.05, 0.1) is 11.9 Å². The summed E-state index contributed by atoms with van der Waals surface area (Å²) in [6, 6.07) is 10.6. The summed E-state index contributed by atoms with van der Waals surface area (Å²) in [5.74, 6) is 1.59.